The van der Waals surface area contributed by atoms with Crippen LogP contribution in [0.3, 0.4) is 0 Å². The molecule has 8 heteroatoms. The average molecular weight is 420 g/mol. The number of unbranched alkanes of at least 4 members (excludes halogenated alkanes) is 1. The summed E-state index contributed by atoms with van der Waals surface area (Å²) in [6, 6.07) is 15.8. The van der Waals surface area contributed by atoms with Gasteiger partial charge in [-0.2, -0.15) is 4.39 Å². The molecule has 0 spiro atoms. The summed E-state index contributed by atoms with van der Waals surface area (Å²) in [7, 11) is 0. The van der Waals surface area contributed by atoms with Gasteiger partial charge in [0.15, 0.2) is 5.82 Å². The molecule has 0 atom stereocenters. The van der Waals surface area contributed by atoms with E-state index in [1.54, 1.807) is 11.5 Å². The third-order valence-corrected chi connectivity index (χ3v) is 5.48. The molecule has 2 aromatic carbocycles. The molecular formula is C23H25FN6O. The molecule has 0 saturated heterocycles. The number of nitrogens with zero attached hydrogens (tertiary/aromatic N) is 5. The predicted molar refractivity (Wildman–Crippen MR) is 117 cm³/mol. The van der Waals surface area contributed by atoms with Gasteiger partial charge >= 0.3 is 5.69 Å². The smallest absolute Gasteiger partial charge is 0.289 e. The Bertz CT molecular complexity index is 1210. The molecule has 0 aliphatic carbocycles. The minimum atomic E-state index is -0.410. The minimum Gasteiger partial charge on any atom is -0.289 e. The van der Waals surface area contributed by atoms with Crippen molar-refractivity contribution in [1.82, 2.24) is 29.8 Å². The number of rotatable bonds is 8. The van der Waals surface area contributed by atoms with Gasteiger partial charge in [-0.05, 0) is 46.9 Å². The highest BCUT2D eigenvalue weighted by molar-refractivity contribution is 5.80. The van der Waals surface area contributed by atoms with Gasteiger partial charge in [0.05, 0.1) is 12.2 Å². The first-order valence-corrected chi connectivity index (χ1v) is 10.5. The lowest BCUT2D eigenvalue weighted by Gasteiger charge is -2.10. The van der Waals surface area contributed by atoms with E-state index in [-0.39, 0.29) is 5.69 Å². The minimum absolute atomic E-state index is 0.293. The van der Waals surface area contributed by atoms with Crippen molar-refractivity contribution in [3.05, 3.63) is 76.2 Å². The van der Waals surface area contributed by atoms with Gasteiger partial charge in [0.25, 0.3) is 0 Å². The number of benzene rings is 2. The molecule has 2 heterocycles. The molecule has 7 nitrogen and oxygen atoms in total. The second-order valence-electron chi connectivity index (χ2n) is 7.45. The maximum absolute atomic E-state index is 14.8. The van der Waals surface area contributed by atoms with Crippen molar-refractivity contribution in [2.45, 2.75) is 46.2 Å². The summed E-state index contributed by atoms with van der Waals surface area (Å²) in [5, 5.41) is 14.1. The monoisotopic (exact) mass is 420 g/mol. The molecule has 0 fully saturated rings. The number of hydrogen-bond donors (Lipinski definition) is 1. The van der Waals surface area contributed by atoms with Crippen LogP contribution < -0.4 is 5.69 Å². The Balaban J connectivity index is 1.65. The van der Waals surface area contributed by atoms with E-state index in [0.717, 1.165) is 35.1 Å². The van der Waals surface area contributed by atoms with Gasteiger partial charge in [-0.3, -0.25) is 9.13 Å². The summed E-state index contributed by atoms with van der Waals surface area (Å²) in [4.78, 5) is 12.7. The molecule has 31 heavy (non-hydrogen) atoms. The fraction of sp³-hybridized carbons (Fsp3) is 0.304. The maximum Gasteiger partial charge on any atom is 0.330 e. The van der Waals surface area contributed by atoms with Gasteiger partial charge in [-0.25, -0.2) is 9.89 Å². The van der Waals surface area contributed by atoms with Crippen LogP contribution >= 0.6 is 0 Å². The van der Waals surface area contributed by atoms with Crippen LogP contribution in [0.15, 0.2) is 53.3 Å². The molecule has 0 saturated carbocycles. The predicted octanol–water partition coefficient (Wildman–Crippen LogP) is 4.05. The Hall–Kier alpha value is -3.55. The number of aromatic nitrogens is 6. The van der Waals surface area contributed by atoms with Crippen LogP contribution in [0.1, 0.15) is 37.9 Å². The summed E-state index contributed by atoms with van der Waals surface area (Å²) >= 11 is 0. The molecule has 1 N–H and O–H groups in total. The number of H-pyrrole nitrogens is 1. The first-order valence-electron chi connectivity index (χ1n) is 10.5. The van der Waals surface area contributed by atoms with Crippen molar-refractivity contribution < 1.29 is 4.39 Å². The van der Waals surface area contributed by atoms with Crippen LogP contribution in [0.25, 0.3) is 22.5 Å². The summed E-state index contributed by atoms with van der Waals surface area (Å²) in [6.07, 6.45) is 2.34. The van der Waals surface area contributed by atoms with Crippen molar-refractivity contribution >= 4 is 0 Å². The van der Waals surface area contributed by atoms with Crippen LogP contribution in [0, 0.1) is 5.95 Å². The third-order valence-electron chi connectivity index (χ3n) is 5.48. The zero-order valence-corrected chi connectivity index (χ0v) is 17.7. The Morgan fingerprint density at radius 2 is 1.74 bits per heavy atom. The molecule has 2 aromatic heterocycles. The van der Waals surface area contributed by atoms with E-state index in [1.807, 2.05) is 48.5 Å². The Labute approximate surface area is 179 Å². The molecule has 0 amide bonds. The molecule has 0 aliphatic rings. The van der Waals surface area contributed by atoms with Crippen molar-refractivity contribution in [1.29, 1.82) is 0 Å². The first-order chi connectivity index (χ1) is 15.1. The van der Waals surface area contributed by atoms with E-state index in [1.165, 1.54) is 4.57 Å². The van der Waals surface area contributed by atoms with Gasteiger partial charge in [0.1, 0.15) is 0 Å². The van der Waals surface area contributed by atoms with E-state index in [0.29, 0.717) is 31.0 Å². The van der Waals surface area contributed by atoms with Gasteiger partial charge in [0, 0.05) is 12.1 Å². The number of aromatic amines is 1. The molecule has 4 aromatic rings. The lowest BCUT2D eigenvalue weighted by molar-refractivity contribution is 0.489. The molecular weight excluding hydrogens is 395 g/mol. The van der Waals surface area contributed by atoms with Crippen LogP contribution in [0.2, 0.25) is 0 Å². The van der Waals surface area contributed by atoms with E-state index in [4.69, 9.17) is 0 Å². The number of nitrogens with one attached hydrogen (secondary N) is 1. The maximum atomic E-state index is 14.8. The van der Waals surface area contributed by atoms with Crippen molar-refractivity contribution in [3.8, 4) is 22.5 Å². The van der Waals surface area contributed by atoms with Crippen molar-refractivity contribution in [3.63, 3.8) is 0 Å². The summed E-state index contributed by atoms with van der Waals surface area (Å²) in [5.41, 5.74) is 4.04. The highest BCUT2D eigenvalue weighted by Crippen LogP contribution is 2.29. The highest BCUT2D eigenvalue weighted by Gasteiger charge is 2.19. The van der Waals surface area contributed by atoms with Crippen LogP contribution in [0.5, 0.6) is 0 Å². The number of imidazole rings is 1. The molecule has 0 aliphatic heterocycles. The number of tetrazole rings is 1. The van der Waals surface area contributed by atoms with Crippen LogP contribution in [-0.2, 0) is 19.5 Å². The molecule has 4 rings (SSSR count). The largest absolute Gasteiger partial charge is 0.330 e. The molecule has 0 radical (unpaired) electrons. The standard InChI is InChI=1S/C23H25FN6O/c1-3-5-10-20-21(24)29(4-2)23(31)30(20)15-16-11-13-17(14-12-16)18-8-6-7-9-19(18)22-25-27-28-26-22/h6-9,11-14H,3-5,10,15H2,1-2H3,(H,25,26,27,28). The van der Waals surface area contributed by atoms with Crippen molar-refractivity contribution in [2.75, 3.05) is 0 Å². The van der Waals surface area contributed by atoms with Gasteiger partial charge in [-0.1, -0.05) is 61.9 Å². The number of halogens is 1. The first kappa shape index (κ1) is 20.7. The van der Waals surface area contributed by atoms with Gasteiger partial charge in [-0.15, -0.1) is 5.10 Å². The fourth-order valence-corrected chi connectivity index (χ4v) is 3.82. The lowest BCUT2D eigenvalue weighted by Crippen LogP contribution is -2.25. The topological polar surface area (TPSA) is 81.4 Å². The second kappa shape index (κ2) is 9.07. The van der Waals surface area contributed by atoms with Gasteiger partial charge < -0.3 is 0 Å². The van der Waals surface area contributed by atoms with Crippen LogP contribution in [-0.4, -0.2) is 29.8 Å². The summed E-state index contributed by atoms with van der Waals surface area (Å²) < 4.78 is 17.5. The molecule has 160 valence electrons. The van der Waals surface area contributed by atoms with E-state index in [2.05, 4.69) is 27.5 Å². The Morgan fingerprint density at radius 3 is 2.39 bits per heavy atom. The summed E-state index contributed by atoms with van der Waals surface area (Å²) in [5.74, 6) is 0.190. The van der Waals surface area contributed by atoms with Crippen LogP contribution in [0.4, 0.5) is 4.39 Å². The number of hydrogen-bond acceptors (Lipinski definition) is 4. The molecule has 0 unspecified atom stereocenters. The average Bonchev–Trinajstić information content (AvgIpc) is 3.41. The zero-order chi connectivity index (χ0) is 21.8. The zero-order valence-electron chi connectivity index (χ0n) is 17.7. The quantitative estimate of drug-likeness (QED) is 0.466. The lowest BCUT2D eigenvalue weighted by atomic mass is 9.98. The third kappa shape index (κ3) is 4.05. The molecule has 0 bridgehead atoms. The summed E-state index contributed by atoms with van der Waals surface area (Å²) in [6.45, 7) is 4.51. The Morgan fingerprint density at radius 1 is 1.00 bits per heavy atom. The SMILES string of the molecule is CCCCc1c(F)n(CC)c(=O)n1Cc1ccc(-c2ccccc2-c2nnn[nH]2)cc1. The van der Waals surface area contributed by atoms with Crippen molar-refractivity contribution in [2.24, 2.45) is 0 Å². The highest BCUT2D eigenvalue weighted by atomic mass is 19.1. The van der Waals surface area contributed by atoms with E-state index < -0.39 is 5.95 Å². The van der Waals surface area contributed by atoms with E-state index in [9.17, 15) is 9.18 Å². The second-order valence-corrected chi connectivity index (χ2v) is 7.45. The van der Waals surface area contributed by atoms with E-state index >= 15 is 0 Å². The normalized spacial score (nSPS) is 11.2. The van der Waals surface area contributed by atoms with Gasteiger partial charge in [0.2, 0.25) is 5.95 Å². The fourth-order valence-electron chi connectivity index (χ4n) is 3.82. The Kier molecular flexibility index (Phi) is 6.06.